The summed E-state index contributed by atoms with van der Waals surface area (Å²) in [6.07, 6.45) is 0. The van der Waals surface area contributed by atoms with Crippen LogP contribution < -0.4 is 0 Å². The molecule has 0 saturated heterocycles. The highest BCUT2D eigenvalue weighted by Gasteiger charge is 2.36. The maximum absolute atomic E-state index is 13.6. The molecule has 0 aliphatic carbocycles. The third-order valence-electron chi connectivity index (χ3n) is 23.4. The van der Waals surface area contributed by atoms with Crippen LogP contribution >= 0.6 is 0 Å². The van der Waals surface area contributed by atoms with E-state index in [1.54, 1.807) is 0 Å². The van der Waals surface area contributed by atoms with E-state index >= 15 is 0 Å². The number of hydrogen-bond acceptors (Lipinski definition) is 1. The molecule has 0 atom stereocenters. The molecule has 0 radical (unpaired) electrons. The summed E-state index contributed by atoms with van der Waals surface area (Å²) in [7, 11) is 0. The molecule has 0 bridgehead atoms. The van der Waals surface area contributed by atoms with Gasteiger partial charge in [-0.1, -0.05) is 322 Å². The molecule has 0 saturated carbocycles. The SMILES string of the molecule is N#Cc1c(-n2c3ccccc3c3ccccc32)c(-n2c3ccc(-c4cccc(-c5ccccc5)c4)cc3c3cc(-c4cccc(-c5ccccc5)c4)ccc32)c(-c2ccccc2)c(-n2c3ccc(-c4cccc(-c5ccccc5)c4)cc3c3cc(-c4cccc(-c5ccccc5)c4)ccc32)c1-n1c2ccccc2c2ccccc21. The smallest absolute Gasteiger partial charge is 0.104 e. The standard InChI is InChI=1S/C109H69N5/c110-70-96-106(111-97-50-20-16-46-88(97)89-47-17-21-51-98(89)111)108(113-101-58-54-84(80-42-24-38-76(62-80)71-28-6-1-7-29-71)66-92(101)93-67-85(55-59-102(93)113)81-43-25-39-77(63-81)72-30-8-2-9-31-72)105(75-36-14-5-15-37-75)109(107(96)112-99-52-22-18-48-90(99)91-49-19-23-53-100(91)112)114-103-60-56-86(82-44-26-40-78(64-82)73-32-10-3-11-33-73)68-94(103)95-69-87(57-61-104(95)114)83-45-27-41-79(65-83)74-34-12-4-13-35-74/h1-69H. The van der Waals surface area contributed by atoms with E-state index < -0.39 is 0 Å². The topological polar surface area (TPSA) is 43.5 Å². The Morgan fingerprint density at radius 3 is 0.596 bits per heavy atom. The molecule has 5 nitrogen and oxygen atoms in total. The van der Waals surface area contributed by atoms with Crippen molar-refractivity contribution in [2.45, 2.75) is 0 Å². The van der Waals surface area contributed by atoms with Crippen LogP contribution in [0.2, 0.25) is 0 Å². The van der Waals surface area contributed by atoms with Gasteiger partial charge in [0.15, 0.2) is 0 Å². The number of nitrogens with zero attached hydrogens (tertiary/aromatic N) is 5. The van der Waals surface area contributed by atoms with Gasteiger partial charge < -0.3 is 18.3 Å². The van der Waals surface area contributed by atoms with Crippen LogP contribution in [0.25, 0.3) is 210 Å². The molecule has 18 aromatic carbocycles. The van der Waals surface area contributed by atoms with Gasteiger partial charge in [-0.15, -0.1) is 0 Å². The van der Waals surface area contributed by atoms with Crippen LogP contribution in [0.15, 0.2) is 419 Å². The molecule has 0 aliphatic rings. The van der Waals surface area contributed by atoms with Crippen LogP contribution in [0.3, 0.4) is 0 Å². The summed E-state index contributed by atoms with van der Waals surface area (Å²) in [6, 6.07) is 156. The van der Waals surface area contributed by atoms with Gasteiger partial charge in [0, 0.05) is 48.7 Å². The molecule has 5 heteroatoms. The van der Waals surface area contributed by atoms with Crippen molar-refractivity contribution >= 4 is 87.2 Å². The van der Waals surface area contributed by atoms with Gasteiger partial charge >= 0.3 is 0 Å². The quantitative estimate of drug-likeness (QED) is 0.113. The molecule has 0 unspecified atom stereocenters. The summed E-state index contributed by atoms with van der Waals surface area (Å²) in [5.41, 5.74) is 31.4. The van der Waals surface area contributed by atoms with Gasteiger partial charge in [-0.3, -0.25) is 0 Å². The molecule has 0 amide bonds. The van der Waals surface area contributed by atoms with Crippen LogP contribution in [-0.2, 0) is 0 Å². The highest BCUT2D eigenvalue weighted by Crippen LogP contribution is 2.53. The molecule has 4 heterocycles. The Morgan fingerprint density at radius 1 is 0.149 bits per heavy atom. The van der Waals surface area contributed by atoms with E-state index in [9.17, 15) is 5.26 Å². The van der Waals surface area contributed by atoms with E-state index in [-0.39, 0.29) is 0 Å². The lowest BCUT2D eigenvalue weighted by Gasteiger charge is -2.29. The van der Waals surface area contributed by atoms with E-state index in [0.29, 0.717) is 5.56 Å². The second-order valence-electron chi connectivity index (χ2n) is 29.7. The van der Waals surface area contributed by atoms with Gasteiger partial charge in [0.2, 0.25) is 0 Å². The molecule has 4 aromatic heterocycles. The fourth-order valence-corrected chi connectivity index (χ4v) is 18.2. The molecule has 114 heavy (non-hydrogen) atoms. The minimum absolute atomic E-state index is 0.495. The lowest BCUT2D eigenvalue weighted by atomic mass is 9.93. The van der Waals surface area contributed by atoms with Gasteiger partial charge in [-0.25, -0.2) is 0 Å². The second-order valence-corrected chi connectivity index (χ2v) is 29.7. The Bertz CT molecular complexity index is 6830. The van der Waals surface area contributed by atoms with Gasteiger partial charge in [0.1, 0.15) is 11.6 Å². The first-order valence-corrected chi connectivity index (χ1v) is 39.0. The fourth-order valence-electron chi connectivity index (χ4n) is 18.2. The summed E-state index contributed by atoms with van der Waals surface area (Å²) in [4.78, 5) is 0. The maximum Gasteiger partial charge on any atom is 0.104 e. The van der Waals surface area contributed by atoms with Crippen molar-refractivity contribution in [3.05, 3.63) is 424 Å². The summed E-state index contributed by atoms with van der Waals surface area (Å²) < 4.78 is 9.91. The molecule has 0 spiro atoms. The second kappa shape index (κ2) is 27.0. The molecule has 530 valence electrons. The van der Waals surface area contributed by atoms with Crippen molar-refractivity contribution in [1.82, 2.24) is 18.3 Å². The highest BCUT2D eigenvalue weighted by atomic mass is 15.1. The predicted octanol–water partition coefficient (Wildman–Crippen LogP) is 28.9. The van der Waals surface area contributed by atoms with E-state index in [1.807, 2.05) is 0 Å². The minimum atomic E-state index is 0.495. The summed E-state index contributed by atoms with van der Waals surface area (Å²) in [6.45, 7) is 0. The Balaban J connectivity index is 0.937. The number of para-hydroxylation sites is 4. The zero-order chi connectivity index (χ0) is 75.3. The molecule has 0 fully saturated rings. The normalized spacial score (nSPS) is 11.7. The third kappa shape index (κ3) is 10.8. The lowest BCUT2D eigenvalue weighted by molar-refractivity contribution is 1.04. The molecule has 0 aliphatic heterocycles. The van der Waals surface area contributed by atoms with Crippen molar-refractivity contribution < 1.29 is 0 Å². The van der Waals surface area contributed by atoms with E-state index in [1.165, 1.54) is 0 Å². The van der Waals surface area contributed by atoms with Crippen LogP contribution in [0.1, 0.15) is 5.56 Å². The highest BCUT2D eigenvalue weighted by molar-refractivity contribution is 6.19. The Labute approximate surface area is 659 Å². The van der Waals surface area contributed by atoms with Gasteiger partial charge in [0.05, 0.1) is 66.9 Å². The molecular weight excluding hydrogens is 1380 g/mol. The number of benzene rings is 18. The first kappa shape index (κ1) is 65.7. The van der Waals surface area contributed by atoms with Gasteiger partial charge in [-0.2, -0.15) is 5.26 Å². The first-order valence-electron chi connectivity index (χ1n) is 39.0. The Kier molecular flexibility index (Phi) is 15.6. The van der Waals surface area contributed by atoms with Crippen molar-refractivity contribution in [1.29, 1.82) is 5.26 Å². The van der Waals surface area contributed by atoms with Crippen molar-refractivity contribution in [3.8, 4) is 129 Å². The molecule has 0 N–H and O–H groups in total. The average Bonchev–Trinajstić information content (AvgIpc) is 1.66. The minimum Gasteiger partial charge on any atom is -0.306 e. The third-order valence-corrected chi connectivity index (χ3v) is 23.4. The number of nitriles is 1. The largest absolute Gasteiger partial charge is 0.306 e. The van der Waals surface area contributed by atoms with Crippen LogP contribution in [-0.4, -0.2) is 18.3 Å². The van der Waals surface area contributed by atoms with Gasteiger partial charge in [-0.05, 0) is 192 Å². The molecule has 22 aromatic rings. The lowest BCUT2D eigenvalue weighted by Crippen LogP contribution is -2.16. The molecular formula is C109H69N5. The predicted molar refractivity (Wildman–Crippen MR) is 477 cm³/mol. The zero-order valence-electron chi connectivity index (χ0n) is 62.1. The summed E-state index contributed by atoms with van der Waals surface area (Å²) in [5, 5.41) is 22.2. The maximum atomic E-state index is 13.6. The van der Waals surface area contributed by atoms with Crippen molar-refractivity contribution in [2.24, 2.45) is 0 Å². The number of rotatable bonds is 13. The van der Waals surface area contributed by atoms with E-state index in [4.69, 9.17) is 0 Å². The number of fused-ring (bicyclic) bond motifs is 12. The Hall–Kier alpha value is -15.4. The number of aromatic nitrogens is 4. The fraction of sp³-hybridized carbons (Fsp3) is 0. The average molecular weight is 1450 g/mol. The van der Waals surface area contributed by atoms with Crippen LogP contribution in [0, 0.1) is 11.3 Å². The van der Waals surface area contributed by atoms with E-state index in [0.717, 1.165) is 210 Å². The first-order chi connectivity index (χ1) is 56.5. The van der Waals surface area contributed by atoms with Crippen LogP contribution in [0.4, 0.5) is 0 Å². The van der Waals surface area contributed by atoms with E-state index in [2.05, 4.69) is 443 Å². The Morgan fingerprint density at radius 2 is 0.342 bits per heavy atom. The molecule has 22 rings (SSSR count). The zero-order valence-corrected chi connectivity index (χ0v) is 62.1. The van der Waals surface area contributed by atoms with Crippen molar-refractivity contribution in [2.75, 3.05) is 0 Å². The van der Waals surface area contributed by atoms with Crippen LogP contribution in [0.5, 0.6) is 0 Å². The van der Waals surface area contributed by atoms with Gasteiger partial charge in [0.25, 0.3) is 0 Å². The summed E-state index contributed by atoms with van der Waals surface area (Å²) >= 11 is 0. The monoisotopic (exact) mass is 1450 g/mol. The van der Waals surface area contributed by atoms with Crippen molar-refractivity contribution in [3.63, 3.8) is 0 Å². The summed E-state index contributed by atoms with van der Waals surface area (Å²) in [5.74, 6) is 0. The number of hydrogen-bond donors (Lipinski definition) is 0.